The highest BCUT2D eigenvalue weighted by Crippen LogP contribution is 2.27. The summed E-state index contributed by atoms with van der Waals surface area (Å²) in [6, 6.07) is 28.3. The van der Waals surface area contributed by atoms with Crippen LogP contribution in [0.15, 0.2) is 108 Å². The third-order valence-corrected chi connectivity index (χ3v) is 9.62. The number of nitrogens with zero attached hydrogens (tertiary/aromatic N) is 2. The zero-order chi connectivity index (χ0) is 31.7. The molecular formula is C34H35Cl2N3O4S. The van der Waals surface area contributed by atoms with Crippen molar-refractivity contribution in [1.29, 1.82) is 0 Å². The van der Waals surface area contributed by atoms with Gasteiger partial charge < -0.3 is 10.2 Å². The molecule has 0 fully saturated rings. The second-order valence-corrected chi connectivity index (χ2v) is 13.1. The Morgan fingerprint density at radius 2 is 1.45 bits per heavy atom. The summed E-state index contributed by atoms with van der Waals surface area (Å²) in [7, 11) is -4.15. The molecule has 1 N–H and O–H groups in total. The molecule has 7 nitrogen and oxygen atoms in total. The molecule has 0 radical (unpaired) electrons. The van der Waals surface area contributed by atoms with E-state index in [1.54, 1.807) is 60.7 Å². The van der Waals surface area contributed by atoms with E-state index in [1.807, 2.05) is 44.2 Å². The maximum absolute atomic E-state index is 14.4. The van der Waals surface area contributed by atoms with Crippen LogP contribution in [0.5, 0.6) is 0 Å². The van der Waals surface area contributed by atoms with Crippen molar-refractivity contribution >= 4 is 50.7 Å². The fourth-order valence-corrected chi connectivity index (χ4v) is 6.47. The Morgan fingerprint density at radius 3 is 2.07 bits per heavy atom. The van der Waals surface area contributed by atoms with E-state index in [0.717, 1.165) is 15.4 Å². The van der Waals surface area contributed by atoms with Gasteiger partial charge in [0.1, 0.15) is 12.6 Å². The Bertz CT molecular complexity index is 1670. The molecule has 0 aliphatic rings. The first kappa shape index (κ1) is 33.1. The second kappa shape index (κ2) is 15.2. The predicted molar refractivity (Wildman–Crippen MR) is 176 cm³/mol. The minimum absolute atomic E-state index is 0.000109. The second-order valence-electron chi connectivity index (χ2n) is 10.4. The van der Waals surface area contributed by atoms with Gasteiger partial charge in [-0.2, -0.15) is 0 Å². The van der Waals surface area contributed by atoms with Gasteiger partial charge in [-0.15, -0.1) is 0 Å². The fraction of sp³-hybridized carbons (Fsp3) is 0.235. The lowest BCUT2D eigenvalue weighted by Gasteiger charge is -2.34. The number of sulfonamides is 1. The average Bonchev–Trinajstić information content (AvgIpc) is 3.03. The van der Waals surface area contributed by atoms with Crippen LogP contribution >= 0.6 is 23.2 Å². The zero-order valence-electron chi connectivity index (χ0n) is 24.6. The third kappa shape index (κ3) is 8.40. The molecule has 0 spiro atoms. The first-order chi connectivity index (χ1) is 21.1. The van der Waals surface area contributed by atoms with Gasteiger partial charge in [0.25, 0.3) is 10.0 Å². The highest BCUT2D eigenvalue weighted by Gasteiger charge is 2.34. The van der Waals surface area contributed by atoms with Crippen LogP contribution in [0.25, 0.3) is 0 Å². The fourth-order valence-electron chi connectivity index (χ4n) is 4.71. The van der Waals surface area contributed by atoms with E-state index < -0.39 is 28.5 Å². The predicted octanol–water partition coefficient (Wildman–Crippen LogP) is 6.66. The van der Waals surface area contributed by atoms with Gasteiger partial charge in [0.15, 0.2) is 0 Å². The number of halogens is 2. The molecule has 10 heteroatoms. The van der Waals surface area contributed by atoms with Crippen molar-refractivity contribution in [3.8, 4) is 0 Å². The number of carbonyl (C=O) groups is 2. The summed E-state index contributed by atoms with van der Waals surface area (Å²) in [6.07, 6.45) is 0.931. The summed E-state index contributed by atoms with van der Waals surface area (Å²) in [5.41, 5.74) is 2.76. The first-order valence-electron chi connectivity index (χ1n) is 14.3. The number of aryl methyl sites for hydroxylation is 1. The lowest BCUT2D eigenvalue weighted by atomic mass is 10.0. The van der Waals surface area contributed by atoms with E-state index in [2.05, 4.69) is 5.32 Å². The van der Waals surface area contributed by atoms with E-state index in [-0.39, 0.29) is 23.8 Å². The van der Waals surface area contributed by atoms with Gasteiger partial charge in [-0.05, 0) is 60.9 Å². The van der Waals surface area contributed by atoms with Crippen molar-refractivity contribution in [2.45, 2.75) is 44.2 Å². The number of carbonyl (C=O) groups excluding carboxylic acids is 2. The largest absolute Gasteiger partial charge is 0.354 e. The molecule has 0 saturated heterocycles. The molecule has 0 aromatic heterocycles. The monoisotopic (exact) mass is 651 g/mol. The van der Waals surface area contributed by atoms with E-state index in [0.29, 0.717) is 34.3 Å². The number of amides is 2. The first-order valence-corrected chi connectivity index (χ1v) is 16.5. The van der Waals surface area contributed by atoms with Gasteiger partial charge in [-0.25, -0.2) is 8.42 Å². The number of hydrogen-bond donors (Lipinski definition) is 1. The maximum Gasteiger partial charge on any atom is 0.264 e. The van der Waals surface area contributed by atoms with E-state index in [1.165, 1.54) is 17.0 Å². The van der Waals surface area contributed by atoms with Crippen LogP contribution in [0.4, 0.5) is 5.69 Å². The van der Waals surface area contributed by atoms with Crippen LogP contribution in [0.1, 0.15) is 30.0 Å². The number of benzene rings is 4. The van der Waals surface area contributed by atoms with Crippen molar-refractivity contribution in [2.24, 2.45) is 0 Å². The Balaban J connectivity index is 1.80. The Labute approximate surface area is 269 Å². The van der Waals surface area contributed by atoms with E-state index in [4.69, 9.17) is 23.2 Å². The number of hydrogen-bond acceptors (Lipinski definition) is 4. The number of rotatable bonds is 13. The molecule has 0 aliphatic heterocycles. The molecule has 230 valence electrons. The lowest BCUT2D eigenvalue weighted by Crippen LogP contribution is -2.53. The topological polar surface area (TPSA) is 86.8 Å². The standard InChI is InChI=1S/C34H35Cl2N3O4S/c1-3-20-37-34(41)32(22-26-10-6-4-7-11-26)38(23-27-16-19-30(35)31(36)21-27)33(40)24-39(28-17-14-25(2)15-18-28)44(42,43)29-12-8-5-9-13-29/h4-19,21,32H,3,20,22-24H2,1-2H3,(H,37,41)/t32-/m1/s1. The molecule has 4 aromatic carbocycles. The molecule has 1 atom stereocenters. The molecular weight excluding hydrogens is 617 g/mol. The Morgan fingerprint density at radius 1 is 0.818 bits per heavy atom. The Hall–Kier alpha value is -3.85. The quantitative estimate of drug-likeness (QED) is 0.175. The van der Waals surface area contributed by atoms with Gasteiger partial charge in [0, 0.05) is 19.5 Å². The van der Waals surface area contributed by atoms with Crippen molar-refractivity contribution in [3.05, 3.63) is 130 Å². The summed E-state index contributed by atoms with van der Waals surface area (Å²) < 4.78 is 29.1. The highest BCUT2D eigenvalue weighted by molar-refractivity contribution is 7.92. The van der Waals surface area contributed by atoms with Crippen LogP contribution in [0.2, 0.25) is 10.0 Å². The average molecular weight is 653 g/mol. The molecule has 0 bridgehead atoms. The molecule has 0 unspecified atom stereocenters. The van der Waals surface area contributed by atoms with Gasteiger partial charge >= 0.3 is 0 Å². The maximum atomic E-state index is 14.4. The van der Waals surface area contributed by atoms with Crippen LogP contribution in [0.3, 0.4) is 0 Å². The van der Waals surface area contributed by atoms with Gasteiger partial charge in [0.05, 0.1) is 20.6 Å². The molecule has 44 heavy (non-hydrogen) atoms. The van der Waals surface area contributed by atoms with Crippen LogP contribution in [-0.2, 0) is 32.6 Å². The minimum Gasteiger partial charge on any atom is -0.354 e. The van der Waals surface area contributed by atoms with Crippen molar-refractivity contribution in [3.63, 3.8) is 0 Å². The highest BCUT2D eigenvalue weighted by atomic mass is 35.5. The summed E-state index contributed by atoms with van der Waals surface area (Å²) in [4.78, 5) is 29.6. The lowest BCUT2D eigenvalue weighted by molar-refractivity contribution is -0.140. The minimum atomic E-state index is -4.15. The van der Waals surface area contributed by atoms with Crippen LogP contribution in [0, 0.1) is 6.92 Å². The normalized spacial score (nSPS) is 11.9. The van der Waals surface area contributed by atoms with Gasteiger partial charge in [0.2, 0.25) is 11.8 Å². The van der Waals surface area contributed by atoms with Crippen LogP contribution in [-0.4, -0.2) is 44.3 Å². The molecule has 4 aromatic rings. The molecule has 4 rings (SSSR count). The summed E-state index contributed by atoms with van der Waals surface area (Å²) >= 11 is 12.5. The zero-order valence-corrected chi connectivity index (χ0v) is 26.9. The molecule has 0 heterocycles. The van der Waals surface area contributed by atoms with Crippen molar-refractivity contribution in [1.82, 2.24) is 10.2 Å². The van der Waals surface area contributed by atoms with E-state index >= 15 is 0 Å². The molecule has 0 aliphatic carbocycles. The third-order valence-electron chi connectivity index (χ3n) is 7.09. The number of anilines is 1. The summed E-state index contributed by atoms with van der Waals surface area (Å²) in [6.45, 7) is 3.73. The van der Waals surface area contributed by atoms with Crippen molar-refractivity contribution < 1.29 is 18.0 Å². The van der Waals surface area contributed by atoms with E-state index in [9.17, 15) is 18.0 Å². The SMILES string of the molecule is CCCNC(=O)[C@@H](Cc1ccccc1)N(Cc1ccc(Cl)c(Cl)c1)C(=O)CN(c1ccc(C)cc1)S(=O)(=O)c1ccccc1. The Kier molecular flexibility index (Phi) is 11.4. The van der Waals surface area contributed by atoms with Gasteiger partial charge in [-0.3, -0.25) is 13.9 Å². The van der Waals surface area contributed by atoms with Crippen molar-refractivity contribution in [2.75, 3.05) is 17.4 Å². The van der Waals surface area contributed by atoms with Gasteiger partial charge in [-0.1, -0.05) is 102 Å². The number of nitrogens with one attached hydrogen (secondary N) is 1. The molecule has 0 saturated carbocycles. The summed E-state index contributed by atoms with van der Waals surface area (Å²) in [5.74, 6) is -0.888. The summed E-state index contributed by atoms with van der Waals surface area (Å²) in [5, 5.41) is 3.59. The van der Waals surface area contributed by atoms with Crippen LogP contribution < -0.4 is 9.62 Å². The smallest absolute Gasteiger partial charge is 0.264 e. The molecule has 2 amide bonds.